The first-order chi connectivity index (χ1) is 8.65. The number of nitrogens with zero attached hydrogens (tertiary/aromatic N) is 1. The van der Waals surface area contributed by atoms with Crippen LogP contribution in [0, 0.1) is 17.7 Å². The predicted octanol–water partition coefficient (Wildman–Crippen LogP) is 2.06. The van der Waals surface area contributed by atoms with Gasteiger partial charge in [-0.2, -0.15) is 0 Å². The molecule has 1 saturated carbocycles. The summed E-state index contributed by atoms with van der Waals surface area (Å²) in [5, 5.41) is 0. The first-order valence-corrected chi connectivity index (χ1v) is 6.45. The largest absolute Gasteiger partial charge is 0.338 e. The smallest absolute Gasteiger partial charge is 0.253 e. The van der Waals surface area contributed by atoms with Crippen LogP contribution in [0.4, 0.5) is 4.39 Å². The van der Waals surface area contributed by atoms with Crippen molar-refractivity contribution in [3.05, 3.63) is 35.6 Å². The highest BCUT2D eigenvalue weighted by Gasteiger charge is 2.42. The number of carbonyl (C=O) groups is 1. The average molecular weight is 285 g/mol. The highest BCUT2D eigenvalue weighted by molar-refractivity contribution is 5.94. The Morgan fingerprint density at radius 1 is 1.32 bits per heavy atom. The van der Waals surface area contributed by atoms with Crippen LogP contribution in [0.3, 0.4) is 0 Å². The average Bonchev–Trinajstić information content (AvgIpc) is 2.91. The first-order valence-electron chi connectivity index (χ1n) is 6.45. The number of benzene rings is 1. The Labute approximate surface area is 118 Å². The summed E-state index contributed by atoms with van der Waals surface area (Å²) in [5.41, 5.74) is 6.48. The number of halogens is 2. The zero-order valence-corrected chi connectivity index (χ0v) is 11.4. The molecule has 1 saturated heterocycles. The fourth-order valence-electron chi connectivity index (χ4n) is 3.28. The second kappa shape index (κ2) is 5.47. The number of carbonyl (C=O) groups excluding carboxylic acids is 1. The summed E-state index contributed by atoms with van der Waals surface area (Å²) in [4.78, 5) is 14.1. The Bertz CT molecular complexity index is 482. The topological polar surface area (TPSA) is 46.3 Å². The first kappa shape index (κ1) is 14.3. The minimum absolute atomic E-state index is 0. The molecule has 1 heterocycles. The van der Waals surface area contributed by atoms with Crippen LogP contribution in [-0.4, -0.2) is 29.9 Å². The molecule has 104 valence electrons. The van der Waals surface area contributed by atoms with Gasteiger partial charge in [0.15, 0.2) is 0 Å². The fraction of sp³-hybridized carbons (Fsp3) is 0.500. The Morgan fingerprint density at radius 3 is 2.79 bits per heavy atom. The van der Waals surface area contributed by atoms with E-state index in [1.807, 2.05) is 4.90 Å². The third-order valence-electron chi connectivity index (χ3n) is 4.27. The van der Waals surface area contributed by atoms with E-state index in [0.717, 1.165) is 25.9 Å². The monoisotopic (exact) mass is 284 g/mol. The van der Waals surface area contributed by atoms with E-state index < -0.39 is 0 Å². The van der Waals surface area contributed by atoms with Crippen molar-refractivity contribution in [2.75, 3.05) is 13.1 Å². The van der Waals surface area contributed by atoms with Gasteiger partial charge < -0.3 is 10.6 Å². The number of hydrogen-bond donors (Lipinski definition) is 1. The van der Waals surface area contributed by atoms with Gasteiger partial charge in [0.2, 0.25) is 0 Å². The lowest BCUT2D eigenvalue weighted by Crippen LogP contribution is -2.33. The molecular formula is C14H18ClFN2O. The molecule has 1 aliphatic carbocycles. The number of amides is 1. The molecule has 2 N–H and O–H groups in total. The van der Waals surface area contributed by atoms with Crippen LogP contribution >= 0.6 is 12.4 Å². The van der Waals surface area contributed by atoms with Crippen molar-refractivity contribution >= 4 is 18.3 Å². The van der Waals surface area contributed by atoms with Crippen molar-refractivity contribution in [3.63, 3.8) is 0 Å². The number of fused-ring (bicyclic) bond motifs is 1. The summed E-state index contributed by atoms with van der Waals surface area (Å²) in [5.74, 6) is 0.535. The third kappa shape index (κ3) is 2.60. The molecule has 2 aliphatic rings. The number of nitrogens with two attached hydrogens (primary N) is 1. The molecule has 1 aliphatic heterocycles. The van der Waals surface area contributed by atoms with Crippen molar-refractivity contribution < 1.29 is 9.18 Å². The van der Waals surface area contributed by atoms with Crippen molar-refractivity contribution in [2.45, 2.75) is 18.9 Å². The Kier molecular flexibility index (Phi) is 4.11. The summed E-state index contributed by atoms with van der Waals surface area (Å²) >= 11 is 0. The van der Waals surface area contributed by atoms with Crippen LogP contribution in [0.1, 0.15) is 23.2 Å². The van der Waals surface area contributed by atoms with Crippen molar-refractivity contribution in [3.8, 4) is 0 Å². The van der Waals surface area contributed by atoms with E-state index in [2.05, 4.69) is 0 Å². The van der Waals surface area contributed by atoms with Gasteiger partial charge in [-0.15, -0.1) is 12.4 Å². The van der Waals surface area contributed by atoms with Crippen molar-refractivity contribution in [1.29, 1.82) is 0 Å². The summed E-state index contributed by atoms with van der Waals surface area (Å²) < 4.78 is 13.1. The molecule has 1 aromatic carbocycles. The van der Waals surface area contributed by atoms with Gasteiger partial charge in [0.1, 0.15) is 5.82 Å². The zero-order valence-electron chi connectivity index (χ0n) is 10.6. The zero-order chi connectivity index (χ0) is 12.7. The molecule has 3 unspecified atom stereocenters. The number of rotatable bonds is 1. The molecule has 5 heteroatoms. The van der Waals surface area contributed by atoms with Gasteiger partial charge in [0, 0.05) is 24.7 Å². The maximum absolute atomic E-state index is 13.1. The number of hydrogen-bond acceptors (Lipinski definition) is 2. The second-order valence-electron chi connectivity index (χ2n) is 5.39. The maximum atomic E-state index is 13.1. The minimum Gasteiger partial charge on any atom is -0.338 e. The van der Waals surface area contributed by atoms with E-state index in [1.54, 1.807) is 12.1 Å². The van der Waals surface area contributed by atoms with Gasteiger partial charge in [-0.3, -0.25) is 4.79 Å². The minimum atomic E-state index is -0.364. The summed E-state index contributed by atoms with van der Waals surface area (Å²) in [7, 11) is 0. The van der Waals surface area contributed by atoms with E-state index in [1.165, 1.54) is 12.1 Å². The number of likely N-dealkylation sites (tertiary alicyclic amines) is 1. The fourth-order valence-corrected chi connectivity index (χ4v) is 3.28. The molecule has 3 rings (SSSR count). The molecule has 0 bridgehead atoms. The standard InChI is InChI=1S/C14H17FN2O.ClH/c15-11-3-1-2-9(6-11)14(18)17-7-10-4-5-13(16)12(10)8-17;/h1-3,6,10,12-13H,4-5,7-8,16H2;1H. The molecule has 0 radical (unpaired) electrons. The Hall–Kier alpha value is -1.13. The van der Waals surface area contributed by atoms with Gasteiger partial charge in [0.25, 0.3) is 5.91 Å². The highest BCUT2D eigenvalue weighted by atomic mass is 35.5. The van der Waals surface area contributed by atoms with E-state index in [4.69, 9.17) is 5.73 Å². The molecule has 1 amide bonds. The van der Waals surface area contributed by atoms with Crippen molar-refractivity contribution in [2.24, 2.45) is 17.6 Å². The third-order valence-corrected chi connectivity index (χ3v) is 4.27. The molecule has 0 spiro atoms. The molecule has 1 aromatic rings. The van der Waals surface area contributed by atoms with E-state index >= 15 is 0 Å². The highest BCUT2D eigenvalue weighted by Crippen LogP contribution is 2.37. The van der Waals surface area contributed by atoms with Gasteiger partial charge in [-0.1, -0.05) is 6.07 Å². The summed E-state index contributed by atoms with van der Waals surface area (Å²) in [6.07, 6.45) is 2.18. The van der Waals surface area contributed by atoms with Crippen LogP contribution in [0.25, 0.3) is 0 Å². The molecule has 2 fully saturated rings. The molecule has 3 atom stereocenters. The SMILES string of the molecule is Cl.NC1CCC2CN(C(=O)c3cccc(F)c3)CC12. The van der Waals surface area contributed by atoms with Gasteiger partial charge in [-0.25, -0.2) is 4.39 Å². The van der Waals surface area contributed by atoms with E-state index in [9.17, 15) is 9.18 Å². The molecule has 0 aromatic heterocycles. The predicted molar refractivity (Wildman–Crippen MR) is 73.7 cm³/mol. The summed E-state index contributed by atoms with van der Waals surface area (Å²) in [6, 6.07) is 6.12. The lowest BCUT2D eigenvalue weighted by atomic mass is 9.98. The van der Waals surface area contributed by atoms with Gasteiger partial charge >= 0.3 is 0 Å². The Balaban J connectivity index is 0.00000133. The van der Waals surface area contributed by atoms with E-state index in [0.29, 0.717) is 17.4 Å². The molecular weight excluding hydrogens is 267 g/mol. The maximum Gasteiger partial charge on any atom is 0.253 e. The van der Waals surface area contributed by atoms with Crippen molar-refractivity contribution in [1.82, 2.24) is 4.90 Å². The lowest BCUT2D eigenvalue weighted by Gasteiger charge is -2.18. The van der Waals surface area contributed by atoms with Crippen LogP contribution in [0.15, 0.2) is 24.3 Å². The quantitative estimate of drug-likeness (QED) is 0.858. The van der Waals surface area contributed by atoms with Crippen LogP contribution in [0.2, 0.25) is 0 Å². The normalized spacial score (nSPS) is 28.9. The van der Waals surface area contributed by atoms with Crippen LogP contribution < -0.4 is 5.73 Å². The second-order valence-corrected chi connectivity index (χ2v) is 5.39. The Morgan fingerprint density at radius 2 is 2.11 bits per heavy atom. The van der Waals surface area contributed by atoms with Crippen LogP contribution in [-0.2, 0) is 0 Å². The lowest BCUT2D eigenvalue weighted by molar-refractivity contribution is 0.0779. The molecule has 3 nitrogen and oxygen atoms in total. The molecule has 19 heavy (non-hydrogen) atoms. The van der Waals surface area contributed by atoms with Gasteiger partial charge in [-0.05, 0) is 42.9 Å². The summed E-state index contributed by atoms with van der Waals surface area (Å²) in [6.45, 7) is 1.49. The van der Waals surface area contributed by atoms with Crippen LogP contribution in [0.5, 0.6) is 0 Å². The van der Waals surface area contributed by atoms with E-state index in [-0.39, 0.29) is 30.2 Å². The van der Waals surface area contributed by atoms with Gasteiger partial charge in [0.05, 0.1) is 0 Å².